The topological polar surface area (TPSA) is 86.5 Å². The maximum atomic E-state index is 10.9. The van der Waals surface area contributed by atoms with Crippen molar-refractivity contribution >= 4 is 11.8 Å². The van der Waals surface area contributed by atoms with Crippen LogP contribution in [0.1, 0.15) is 13.3 Å². The van der Waals surface area contributed by atoms with Crippen LogP contribution in [0.15, 0.2) is 0 Å². The standard InChI is InChI=1S/C7H11NO5/c1-5(4-8(11)12)3-6(9)7(10)13-2/h5H,3-4H2,1-2H3. The van der Waals surface area contributed by atoms with Crippen molar-refractivity contribution in [1.82, 2.24) is 0 Å². The van der Waals surface area contributed by atoms with Gasteiger partial charge in [-0.05, 0) is 0 Å². The Morgan fingerprint density at radius 1 is 1.54 bits per heavy atom. The Morgan fingerprint density at radius 3 is 2.46 bits per heavy atom. The second-order valence-electron chi connectivity index (χ2n) is 2.74. The van der Waals surface area contributed by atoms with Crippen LogP contribution in [-0.2, 0) is 14.3 Å². The molecular weight excluding hydrogens is 178 g/mol. The number of esters is 1. The van der Waals surface area contributed by atoms with Gasteiger partial charge in [-0.15, -0.1) is 0 Å². The lowest BCUT2D eigenvalue weighted by Crippen LogP contribution is -2.21. The van der Waals surface area contributed by atoms with E-state index in [0.29, 0.717) is 0 Å². The highest BCUT2D eigenvalue weighted by Crippen LogP contribution is 2.03. The van der Waals surface area contributed by atoms with E-state index in [2.05, 4.69) is 4.74 Å². The minimum absolute atomic E-state index is 0.145. The average Bonchev–Trinajstić information content (AvgIpc) is 2.01. The summed E-state index contributed by atoms with van der Waals surface area (Å²) in [6, 6.07) is 0. The minimum atomic E-state index is -0.949. The molecular formula is C7H11NO5. The lowest BCUT2D eigenvalue weighted by molar-refractivity contribution is -0.487. The molecule has 1 unspecified atom stereocenters. The number of nitro groups is 1. The van der Waals surface area contributed by atoms with Crippen LogP contribution in [0.2, 0.25) is 0 Å². The predicted octanol–water partition coefficient (Wildman–Crippen LogP) is 0.0314. The number of Topliss-reactive ketones (excluding diaryl/α,β-unsaturated/α-hetero) is 1. The third kappa shape index (κ3) is 4.89. The molecule has 0 N–H and O–H groups in total. The van der Waals surface area contributed by atoms with Crippen LogP contribution in [0, 0.1) is 16.0 Å². The molecule has 0 saturated heterocycles. The molecule has 74 valence electrons. The lowest BCUT2D eigenvalue weighted by atomic mass is 10.1. The van der Waals surface area contributed by atoms with E-state index in [1.165, 1.54) is 6.92 Å². The lowest BCUT2D eigenvalue weighted by Gasteiger charge is -2.03. The Hall–Kier alpha value is -1.46. The van der Waals surface area contributed by atoms with Gasteiger partial charge in [0, 0.05) is 17.3 Å². The van der Waals surface area contributed by atoms with Gasteiger partial charge in [-0.1, -0.05) is 6.92 Å². The first-order valence-electron chi connectivity index (χ1n) is 3.70. The van der Waals surface area contributed by atoms with Crippen molar-refractivity contribution in [2.24, 2.45) is 5.92 Å². The summed E-state index contributed by atoms with van der Waals surface area (Å²) in [4.78, 5) is 31.0. The SMILES string of the molecule is COC(=O)C(=O)CC(C)C[N+](=O)[O-]. The minimum Gasteiger partial charge on any atom is -0.463 e. The van der Waals surface area contributed by atoms with Gasteiger partial charge in [0.05, 0.1) is 7.11 Å². The first kappa shape index (κ1) is 11.5. The fraction of sp³-hybridized carbons (Fsp3) is 0.714. The first-order valence-corrected chi connectivity index (χ1v) is 3.70. The zero-order valence-electron chi connectivity index (χ0n) is 7.48. The number of methoxy groups -OCH3 is 1. The van der Waals surface area contributed by atoms with E-state index in [4.69, 9.17) is 0 Å². The summed E-state index contributed by atoms with van der Waals surface area (Å²) in [5.41, 5.74) is 0. The highest BCUT2D eigenvalue weighted by Gasteiger charge is 2.20. The first-order chi connectivity index (χ1) is 5.97. The van der Waals surface area contributed by atoms with Gasteiger partial charge in [0.1, 0.15) is 0 Å². The Balaban J connectivity index is 3.91. The van der Waals surface area contributed by atoms with Crippen LogP contribution in [0.25, 0.3) is 0 Å². The molecule has 0 saturated carbocycles. The molecule has 0 aromatic heterocycles. The van der Waals surface area contributed by atoms with Crippen LogP contribution < -0.4 is 0 Å². The summed E-state index contributed by atoms with van der Waals surface area (Å²) in [6.07, 6.45) is -0.145. The van der Waals surface area contributed by atoms with Gasteiger partial charge in [0.15, 0.2) is 0 Å². The molecule has 0 radical (unpaired) electrons. The zero-order chi connectivity index (χ0) is 10.4. The number of hydrogen-bond donors (Lipinski definition) is 0. The van der Waals surface area contributed by atoms with Crippen molar-refractivity contribution in [1.29, 1.82) is 0 Å². The molecule has 1 atom stereocenters. The summed E-state index contributed by atoms with van der Waals surface area (Å²) in [5.74, 6) is -2.12. The Bertz CT molecular complexity index is 225. The predicted molar refractivity (Wildman–Crippen MR) is 42.7 cm³/mol. The number of rotatable bonds is 5. The average molecular weight is 189 g/mol. The van der Waals surface area contributed by atoms with Gasteiger partial charge in [-0.25, -0.2) is 4.79 Å². The summed E-state index contributed by atoms with van der Waals surface area (Å²) in [5, 5.41) is 10.0. The highest BCUT2D eigenvalue weighted by molar-refractivity contribution is 6.33. The van der Waals surface area contributed by atoms with Crippen molar-refractivity contribution in [3.8, 4) is 0 Å². The number of hydrogen-bond acceptors (Lipinski definition) is 5. The molecule has 0 bridgehead atoms. The second-order valence-corrected chi connectivity index (χ2v) is 2.74. The molecule has 0 aliphatic rings. The third-order valence-corrected chi connectivity index (χ3v) is 1.41. The van der Waals surface area contributed by atoms with E-state index in [9.17, 15) is 19.7 Å². The molecule has 0 amide bonds. The molecule has 0 fully saturated rings. The summed E-state index contributed by atoms with van der Waals surface area (Å²) < 4.78 is 4.16. The molecule has 0 rings (SSSR count). The molecule has 6 nitrogen and oxygen atoms in total. The Kier molecular flexibility index (Phi) is 4.64. The number of carbonyl (C=O) groups is 2. The monoisotopic (exact) mass is 189 g/mol. The van der Waals surface area contributed by atoms with Gasteiger partial charge >= 0.3 is 5.97 Å². The van der Waals surface area contributed by atoms with Crippen molar-refractivity contribution in [2.75, 3.05) is 13.7 Å². The quantitative estimate of drug-likeness (QED) is 0.263. The maximum Gasteiger partial charge on any atom is 0.374 e. The van der Waals surface area contributed by atoms with E-state index in [1.807, 2.05) is 0 Å². The Labute approximate surface area is 75.0 Å². The zero-order valence-corrected chi connectivity index (χ0v) is 7.48. The molecule has 6 heteroatoms. The fourth-order valence-electron chi connectivity index (χ4n) is 0.833. The van der Waals surface area contributed by atoms with Gasteiger partial charge in [-0.2, -0.15) is 0 Å². The largest absolute Gasteiger partial charge is 0.463 e. The normalized spacial score (nSPS) is 11.8. The summed E-state index contributed by atoms with van der Waals surface area (Å²) >= 11 is 0. The highest BCUT2D eigenvalue weighted by atomic mass is 16.6. The van der Waals surface area contributed by atoms with Crippen molar-refractivity contribution in [3.05, 3.63) is 10.1 Å². The fourth-order valence-corrected chi connectivity index (χ4v) is 0.833. The molecule has 13 heavy (non-hydrogen) atoms. The van der Waals surface area contributed by atoms with Crippen LogP contribution >= 0.6 is 0 Å². The van der Waals surface area contributed by atoms with Gasteiger partial charge in [0.25, 0.3) is 0 Å². The molecule has 0 aromatic carbocycles. The van der Waals surface area contributed by atoms with Crippen LogP contribution in [0.3, 0.4) is 0 Å². The smallest absolute Gasteiger partial charge is 0.374 e. The van der Waals surface area contributed by atoms with E-state index in [0.717, 1.165) is 7.11 Å². The third-order valence-electron chi connectivity index (χ3n) is 1.41. The summed E-state index contributed by atoms with van der Waals surface area (Å²) in [7, 11) is 1.10. The van der Waals surface area contributed by atoms with E-state index in [-0.39, 0.29) is 13.0 Å². The number of carbonyl (C=O) groups excluding carboxylic acids is 2. The number of ketones is 1. The molecule has 0 aromatic rings. The molecule has 0 heterocycles. The molecule has 0 aliphatic carbocycles. The van der Waals surface area contributed by atoms with Crippen molar-refractivity contribution in [3.63, 3.8) is 0 Å². The van der Waals surface area contributed by atoms with Gasteiger partial charge in [0.2, 0.25) is 12.3 Å². The van der Waals surface area contributed by atoms with Crippen LogP contribution in [-0.4, -0.2) is 30.3 Å². The van der Waals surface area contributed by atoms with Gasteiger partial charge in [-0.3, -0.25) is 14.9 Å². The molecule has 0 aliphatic heterocycles. The van der Waals surface area contributed by atoms with Crippen LogP contribution in [0.4, 0.5) is 0 Å². The summed E-state index contributed by atoms with van der Waals surface area (Å²) in [6.45, 7) is 1.21. The van der Waals surface area contributed by atoms with E-state index >= 15 is 0 Å². The van der Waals surface area contributed by atoms with E-state index < -0.39 is 22.6 Å². The number of ether oxygens (including phenoxy) is 1. The van der Waals surface area contributed by atoms with Crippen LogP contribution in [0.5, 0.6) is 0 Å². The second kappa shape index (κ2) is 5.23. The maximum absolute atomic E-state index is 10.9. The molecule has 0 spiro atoms. The number of nitrogens with zero attached hydrogens (tertiary/aromatic N) is 1. The van der Waals surface area contributed by atoms with Gasteiger partial charge < -0.3 is 4.74 Å². The van der Waals surface area contributed by atoms with E-state index in [1.54, 1.807) is 0 Å². The Morgan fingerprint density at radius 2 is 2.08 bits per heavy atom. The van der Waals surface area contributed by atoms with Crippen molar-refractivity contribution in [2.45, 2.75) is 13.3 Å². The van der Waals surface area contributed by atoms with Crippen molar-refractivity contribution < 1.29 is 19.2 Å².